The molecule has 24 heavy (non-hydrogen) atoms. The van der Waals surface area contributed by atoms with E-state index >= 15 is 0 Å². The van der Waals surface area contributed by atoms with E-state index in [4.69, 9.17) is 4.74 Å². The third-order valence-electron chi connectivity index (χ3n) is 4.00. The monoisotopic (exact) mass is 338 g/mol. The molecule has 0 atom stereocenters. The van der Waals surface area contributed by atoms with E-state index < -0.39 is 10.0 Å². The number of methoxy groups -OCH3 is 1. The smallest absolute Gasteiger partial charge is 0.269 e. The summed E-state index contributed by atoms with van der Waals surface area (Å²) in [6.07, 6.45) is 1.35. The van der Waals surface area contributed by atoms with Crippen LogP contribution in [0.3, 0.4) is 0 Å². The minimum atomic E-state index is -3.71. The normalized spacial score (nSPS) is 11.9. The summed E-state index contributed by atoms with van der Waals surface area (Å²) < 4.78 is 32.4. The maximum absolute atomic E-state index is 13.0. The molecular weight excluding hydrogens is 324 g/mol. The molecule has 0 aliphatic rings. The minimum Gasteiger partial charge on any atom is -0.497 e. The van der Waals surface area contributed by atoms with Gasteiger partial charge in [0.25, 0.3) is 10.0 Å². The van der Waals surface area contributed by atoms with Crippen molar-refractivity contribution < 1.29 is 13.2 Å². The average Bonchev–Trinajstić information content (AvgIpc) is 3.05. The highest BCUT2D eigenvalue weighted by atomic mass is 32.2. The largest absolute Gasteiger partial charge is 0.497 e. The fourth-order valence-electron chi connectivity index (χ4n) is 2.73. The van der Waals surface area contributed by atoms with E-state index in [9.17, 15) is 8.42 Å². The number of aromatic nitrogens is 2. The van der Waals surface area contributed by atoms with Crippen LogP contribution in [-0.4, -0.2) is 24.5 Å². The molecule has 4 aromatic rings. The highest BCUT2D eigenvalue weighted by molar-refractivity contribution is 7.90. The highest BCUT2D eigenvalue weighted by Crippen LogP contribution is 2.26. The Labute approximate surface area is 139 Å². The summed E-state index contributed by atoms with van der Waals surface area (Å²) in [5.41, 5.74) is 1.21. The lowest BCUT2D eigenvalue weighted by Crippen LogP contribution is -2.11. The number of ether oxygens (including phenoxy) is 1. The second-order valence-electron chi connectivity index (χ2n) is 5.41. The first-order chi connectivity index (χ1) is 11.6. The zero-order chi connectivity index (χ0) is 16.7. The Morgan fingerprint density at radius 2 is 1.71 bits per heavy atom. The van der Waals surface area contributed by atoms with E-state index in [0.717, 1.165) is 16.5 Å². The lowest BCUT2D eigenvalue weighted by atomic mass is 10.1. The number of rotatable bonds is 3. The average molecular weight is 338 g/mol. The van der Waals surface area contributed by atoms with Crippen molar-refractivity contribution in [2.45, 2.75) is 4.90 Å². The van der Waals surface area contributed by atoms with Gasteiger partial charge in [-0.25, -0.2) is 17.4 Å². The summed E-state index contributed by atoms with van der Waals surface area (Å²) in [4.78, 5) is 4.39. The Kier molecular flexibility index (Phi) is 3.28. The van der Waals surface area contributed by atoms with Crippen LogP contribution in [0.5, 0.6) is 5.75 Å². The van der Waals surface area contributed by atoms with Crippen molar-refractivity contribution >= 4 is 31.8 Å². The molecule has 0 bridgehead atoms. The van der Waals surface area contributed by atoms with Crippen molar-refractivity contribution in [1.82, 2.24) is 8.96 Å². The van der Waals surface area contributed by atoms with Crippen LogP contribution < -0.4 is 4.74 Å². The molecule has 120 valence electrons. The first-order valence-electron chi connectivity index (χ1n) is 7.35. The Morgan fingerprint density at radius 1 is 0.958 bits per heavy atom. The summed E-state index contributed by atoms with van der Waals surface area (Å²) in [6, 6.07) is 17.7. The van der Waals surface area contributed by atoms with Gasteiger partial charge in [0, 0.05) is 0 Å². The molecule has 0 fully saturated rings. The van der Waals surface area contributed by atoms with Crippen LogP contribution in [0.1, 0.15) is 0 Å². The summed E-state index contributed by atoms with van der Waals surface area (Å²) in [5.74, 6) is 0.735. The molecule has 1 aromatic heterocycles. The van der Waals surface area contributed by atoms with Crippen LogP contribution in [0.15, 0.2) is 71.9 Å². The Morgan fingerprint density at radius 3 is 2.54 bits per heavy atom. The van der Waals surface area contributed by atoms with Crippen LogP contribution >= 0.6 is 0 Å². The van der Waals surface area contributed by atoms with E-state index in [1.807, 2.05) is 24.3 Å². The Hall–Kier alpha value is -2.86. The Bertz CT molecular complexity index is 1160. The molecule has 5 nitrogen and oxygen atoms in total. The van der Waals surface area contributed by atoms with E-state index in [-0.39, 0.29) is 4.90 Å². The third kappa shape index (κ3) is 2.23. The fraction of sp³-hybridized carbons (Fsp3) is 0.0556. The number of para-hydroxylation sites is 2. The SMILES string of the molecule is COc1ccc2cc(S(=O)(=O)n3cnc4ccccc43)ccc2c1. The van der Waals surface area contributed by atoms with E-state index in [2.05, 4.69) is 4.98 Å². The maximum Gasteiger partial charge on any atom is 0.269 e. The fourth-order valence-corrected chi connectivity index (χ4v) is 4.06. The third-order valence-corrected chi connectivity index (χ3v) is 5.66. The summed E-state index contributed by atoms with van der Waals surface area (Å²) in [6.45, 7) is 0. The molecule has 0 amide bonds. The molecule has 6 heteroatoms. The lowest BCUT2D eigenvalue weighted by molar-refractivity contribution is 0.415. The van der Waals surface area contributed by atoms with Crippen LogP contribution in [-0.2, 0) is 10.0 Å². The van der Waals surface area contributed by atoms with Gasteiger partial charge in [0.1, 0.15) is 12.1 Å². The molecule has 0 aliphatic heterocycles. The predicted octanol–water partition coefficient (Wildman–Crippen LogP) is 3.44. The zero-order valence-electron chi connectivity index (χ0n) is 12.9. The summed E-state index contributed by atoms with van der Waals surface area (Å²) in [5, 5.41) is 1.75. The zero-order valence-corrected chi connectivity index (χ0v) is 13.7. The number of nitrogens with zero attached hydrogens (tertiary/aromatic N) is 2. The van der Waals surface area contributed by atoms with Gasteiger partial charge in [0.05, 0.1) is 23.0 Å². The van der Waals surface area contributed by atoms with Gasteiger partial charge in [-0.1, -0.05) is 24.3 Å². The van der Waals surface area contributed by atoms with Gasteiger partial charge in [-0.2, -0.15) is 0 Å². The van der Waals surface area contributed by atoms with Crippen molar-refractivity contribution in [3.05, 3.63) is 67.0 Å². The summed E-state index contributed by atoms with van der Waals surface area (Å²) in [7, 11) is -2.11. The van der Waals surface area contributed by atoms with Crippen LogP contribution in [0.4, 0.5) is 0 Å². The number of hydrogen-bond acceptors (Lipinski definition) is 4. The van der Waals surface area contributed by atoms with Crippen LogP contribution in [0, 0.1) is 0 Å². The van der Waals surface area contributed by atoms with Crippen molar-refractivity contribution in [3.8, 4) is 5.75 Å². The lowest BCUT2D eigenvalue weighted by Gasteiger charge is -2.08. The first-order valence-corrected chi connectivity index (χ1v) is 8.79. The van der Waals surface area contributed by atoms with Crippen molar-refractivity contribution in [3.63, 3.8) is 0 Å². The topological polar surface area (TPSA) is 61.2 Å². The van der Waals surface area contributed by atoms with Crippen LogP contribution in [0.2, 0.25) is 0 Å². The van der Waals surface area contributed by atoms with Gasteiger partial charge in [0.15, 0.2) is 0 Å². The number of fused-ring (bicyclic) bond motifs is 2. The van der Waals surface area contributed by atoms with Gasteiger partial charge in [-0.3, -0.25) is 0 Å². The maximum atomic E-state index is 13.0. The highest BCUT2D eigenvalue weighted by Gasteiger charge is 2.19. The molecule has 0 saturated carbocycles. The molecule has 0 spiro atoms. The molecule has 0 N–H and O–H groups in total. The van der Waals surface area contributed by atoms with Gasteiger partial charge >= 0.3 is 0 Å². The standard InChI is InChI=1S/C18H14N2O3S/c1-23-15-8-6-14-11-16(9-7-13(14)10-15)24(21,22)20-12-19-17-4-2-3-5-18(17)20/h2-12H,1H3. The second-order valence-corrected chi connectivity index (χ2v) is 7.22. The van der Waals surface area contributed by atoms with Crippen molar-refractivity contribution in [2.75, 3.05) is 7.11 Å². The molecule has 3 aromatic carbocycles. The number of hydrogen-bond donors (Lipinski definition) is 0. The Balaban J connectivity index is 1.89. The van der Waals surface area contributed by atoms with E-state index in [1.165, 1.54) is 10.3 Å². The molecular formula is C18H14N2O3S. The quantitative estimate of drug-likeness (QED) is 0.574. The van der Waals surface area contributed by atoms with E-state index in [0.29, 0.717) is 11.0 Å². The molecule has 1 heterocycles. The molecule has 4 rings (SSSR count). The van der Waals surface area contributed by atoms with Crippen molar-refractivity contribution in [2.24, 2.45) is 0 Å². The predicted molar refractivity (Wildman–Crippen MR) is 92.8 cm³/mol. The van der Waals surface area contributed by atoms with Gasteiger partial charge in [-0.05, 0) is 47.2 Å². The van der Waals surface area contributed by atoms with Crippen LogP contribution in [0.25, 0.3) is 21.8 Å². The van der Waals surface area contributed by atoms with Gasteiger partial charge in [-0.15, -0.1) is 0 Å². The first kappa shape index (κ1) is 14.7. The molecule has 0 saturated heterocycles. The summed E-state index contributed by atoms with van der Waals surface area (Å²) >= 11 is 0. The number of imidazole rings is 1. The van der Waals surface area contributed by atoms with Crippen molar-refractivity contribution in [1.29, 1.82) is 0 Å². The molecule has 0 radical (unpaired) electrons. The number of benzene rings is 3. The minimum absolute atomic E-state index is 0.225. The molecule has 0 aliphatic carbocycles. The second kappa shape index (κ2) is 5.35. The molecule has 0 unspecified atom stereocenters. The van der Waals surface area contributed by atoms with E-state index in [1.54, 1.807) is 43.5 Å². The van der Waals surface area contributed by atoms with Gasteiger partial charge in [0.2, 0.25) is 0 Å². The van der Waals surface area contributed by atoms with Gasteiger partial charge < -0.3 is 4.74 Å².